The molecule has 0 aliphatic heterocycles. The van der Waals surface area contributed by atoms with E-state index in [-0.39, 0.29) is 18.9 Å². The Hall–Kier alpha value is -3.35. The first kappa shape index (κ1) is 25.9. The smallest absolute Gasteiger partial charge is 0.408 e. The first-order valence-corrected chi connectivity index (χ1v) is 11.1. The van der Waals surface area contributed by atoms with Crippen LogP contribution in [0.15, 0.2) is 48.5 Å². The Kier molecular flexibility index (Phi) is 9.91. The molecular formula is C26H34N2O5. The molecule has 0 aliphatic carbocycles. The number of carbonyl (C=O) groups excluding carboxylic acids is 3. The van der Waals surface area contributed by atoms with Gasteiger partial charge in [-0.25, -0.2) is 9.59 Å². The normalized spacial score (nSPS) is 12.5. The maximum Gasteiger partial charge on any atom is 0.408 e. The van der Waals surface area contributed by atoms with Gasteiger partial charge in [0.05, 0.1) is 7.11 Å². The van der Waals surface area contributed by atoms with E-state index in [9.17, 15) is 14.4 Å². The lowest BCUT2D eigenvalue weighted by molar-refractivity contribution is -0.145. The molecule has 0 saturated heterocycles. The number of aryl methyl sites for hydroxylation is 2. The van der Waals surface area contributed by atoms with Crippen molar-refractivity contribution in [3.05, 3.63) is 70.8 Å². The van der Waals surface area contributed by atoms with Gasteiger partial charge in [0.15, 0.2) is 0 Å². The fraction of sp³-hybridized carbons (Fsp3) is 0.423. The van der Waals surface area contributed by atoms with Crippen molar-refractivity contribution >= 4 is 18.0 Å². The second-order valence-electron chi connectivity index (χ2n) is 8.60. The molecule has 0 radical (unpaired) electrons. The number of rotatable bonds is 10. The summed E-state index contributed by atoms with van der Waals surface area (Å²) in [7, 11) is 1.28. The molecule has 2 N–H and O–H groups in total. The molecule has 0 unspecified atom stereocenters. The molecule has 0 bridgehead atoms. The molecule has 2 atom stereocenters. The van der Waals surface area contributed by atoms with Gasteiger partial charge in [-0.3, -0.25) is 4.79 Å². The van der Waals surface area contributed by atoms with E-state index in [0.717, 1.165) is 22.3 Å². The summed E-state index contributed by atoms with van der Waals surface area (Å²) in [5.74, 6) is -0.873. The summed E-state index contributed by atoms with van der Waals surface area (Å²) in [5, 5.41) is 5.39. The topological polar surface area (TPSA) is 93.7 Å². The average molecular weight is 455 g/mol. The number of hydrogen-bond acceptors (Lipinski definition) is 5. The highest BCUT2D eigenvalue weighted by molar-refractivity contribution is 5.89. The molecule has 2 amide bonds. The molecule has 0 aliphatic rings. The zero-order chi connectivity index (χ0) is 24.4. The number of methoxy groups -OCH3 is 1. The minimum atomic E-state index is -0.874. The summed E-state index contributed by atoms with van der Waals surface area (Å²) in [6.45, 7) is 8.00. The Morgan fingerprint density at radius 3 is 2.18 bits per heavy atom. The number of hydrogen-bond donors (Lipinski definition) is 2. The quantitative estimate of drug-likeness (QED) is 0.532. The molecule has 0 aromatic heterocycles. The van der Waals surface area contributed by atoms with Crippen molar-refractivity contribution in [1.82, 2.24) is 10.6 Å². The van der Waals surface area contributed by atoms with Gasteiger partial charge >= 0.3 is 12.1 Å². The van der Waals surface area contributed by atoms with E-state index >= 15 is 0 Å². The summed E-state index contributed by atoms with van der Waals surface area (Å²) in [4.78, 5) is 37.8. The standard InChI is InChI=1S/C26H34N2O5/c1-17(2)13-22(28-26(31)33-16-20-9-7-6-8-10-20)24(29)27-23(25(30)32-5)15-21-12-11-18(3)19(4)14-21/h6-12,14,17,22-23H,13,15-16H2,1-5H3,(H,27,29)(H,28,31)/t22-,23-/m0/s1. The molecule has 7 nitrogen and oxygen atoms in total. The number of ether oxygens (including phenoxy) is 2. The minimum absolute atomic E-state index is 0.0975. The zero-order valence-electron chi connectivity index (χ0n) is 20.0. The van der Waals surface area contributed by atoms with Gasteiger partial charge in [-0.05, 0) is 48.4 Å². The Bertz CT molecular complexity index is 943. The van der Waals surface area contributed by atoms with Crippen molar-refractivity contribution in [2.45, 2.75) is 59.2 Å². The van der Waals surface area contributed by atoms with Crippen molar-refractivity contribution in [3.8, 4) is 0 Å². The van der Waals surface area contributed by atoms with Crippen LogP contribution in [0.5, 0.6) is 0 Å². The lowest BCUT2D eigenvalue weighted by atomic mass is 9.99. The van der Waals surface area contributed by atoms with E-state index in [1.807, 2.05) is 76.2 Å². The Morgan fingerprint density at radius 2 is 1.58 bits per heavy atom. The van der Waals surface area contributed by atoms with Gasteiger partial charge in [0, 0.05) is 6.42 Å². The van der Waals surface area contributed by atoms with Crippen molar-refractivity contribution in [2.75, 3.05) is 7.11 Å². The van der Waals surface area contributed by atoms with E-state index in [1.54, 1.807) is 0 Å². The van der Waals surface area contributed by atoms with Crippen LogP contribution in [-0.4, -0.2) is 37.2 Å². The SMILES string of the molecule is COC(=O)[C@H](Cc1ccc(C)c(C)c1)NC(=O)[C@H](CC(C)C)NC(=O)OCc1ccccc1. The molecule has 178 valence electrons. The summed E-state index contributed by atoms with van der Waals surface area (Å²) in [6.07, 6.45) is -0.0145. The van der Waals surface area contributed by atoms with Crippen LogP contribution in [0.25, 0.3) is 0 Å². The largest absolute Gasteiger partial charge is 0.467 e. The van der Waals surface area contributed by atoms with Gasteiger partial charge in [0.25, 0.3) is 0 Å². The summed E-state index contributed by atoms with van der Waals surface area (Å²) >= 11 is 0. The van der Waals surface area contributed by atoms with E-state index in [0.29, 0.717) is 6.42 Å². The zero-order valence-corrected chi connectivity index (χ0v) is 20.0. The third-order valence-corrected chi connectivity index (χ3v) is 5.34. The van der Waals surface area contributed by atoms with Gasteiger partial charge in [-0.1, -0.05) is 62.4 Å². The lowest BCUT2D eigenvalue weighted by Gasteiger charge is -2.23. The second-order valence-corrected chi connectivity index (χ2v) is 8.60. The van der Waals surface area contributed by atoms with Crippen LogP contribution in [-0.2, 0) is 32.1 Å². The highest BCUT2D eigenvalue weighted by atomic mass is 16.5. The number of amides is 2. The van der Waals surface area contributed by atoms with Crippen LogP contribution in [0.2, 0.25) is 0 Å². The summed E-state index contributed by atoms with van der Waals surface area (Å²) < 4.78 is 10.2. The molecular weight excluding hydrogens is 420 g/mol. The second kappa shape index (κ2) is 12.6. The van der Waals surface area contributed by atoms with Crippen molar-refractivity contribution < 1.29 is 23.9 Å². The van der Waals surface area contributed by atoms with Gasteiger partial charge in [-0.15, -0.1) is 0 Å². The third kappa shape index (κ3) is 8.60. The maximum absolute atomic E-state index is 13.0. The van der Waals surface area contributed by atoms with Gasteiger partial charge in [-0.2, -0.15) is 0 Å². The van der Waals surface area contributed by atoms with Crippen LogP contribution in [0.1, 0.15) is 42.5 Å². The molecule has 0 spiro atoms. The van der Waals surface area contributed by atoms with Crippen LogP contribution < -0.4 is 10.6 Å². The van der Waals surface area contributed by atoms with E-state index in [4.69, 9.17) is 9.47 Å². The molecule has 2 aromatic carbocycles. The van der Waals surface area contributed by atoms with Crippen LogP contribution in [0.3, 0.4) is 0 Å². The predicted molar refractivity (Wildman–Crippen MR) is 127 cm³/mol. The predicted octanol–water partition coefficient (Wildman–Crippen LogP) is 3.84. The number of esters is 1. The van der Waals surface area contributed by atoms with Gasteiger partial charge in [0.1, 0.15) is 18.7 Å². The van der Waals surface area contributed by atoms with Crippen LogP contribution in [0, 0.1) is 19.8 Å². The van der Waals surface area contributed by atoms with Crippen molar-refractivity contribution in [1.29, 1.82) is 0 Å². The average Bonchev–Trinajstić information content (AvgIpc) is 2.79. The summed E-state index contributed by atoms with van der Waals surface area (Å²) in [6, 6.07) is 13.5. The number of alkyl carbamates (subject to hydrolysis) is 1. The molecule has 0 fully saturated rings. The Morgan fingerprint density at radius 1 is 0.879 bits per heavy atom. The lowest BCUT2D eigenvalue weighted by Crippen LogP contribution is -2.53. The van der Waals surface area contributed by atoms with Crippen LogP contribution in [0.4, 0.5) is 4.79 Å². The fourth-order valence-electron chi connectivity index (χ4n) is 3.38. The minimum Gasteiger partial charge on any atom is -0.467 e. The summed E-state index contributed by atoms with van der Waals surface area (Å²) in [5.41, 5.74) is 4.00. The first-order chi connectivity index (χ1) is 15.7. The van der Waals surface area contributed by atoms with E-state index in [1.165, 1.54) is 7.11 Å². The van der Waals surface area contributed by atoms with Crippen LogP contribution >= 0.6 is 0 Å². The number of carbonyl (C=O) groups is 3. The molecule has 7 heteroatoms. The molecule has 0 saturated carbocycles. The Balaban J connectivity index is 2.06. The Labute approximate surface area is 195 Å². The van der Waals surface area contributed by atoms with Gasteiger partial charge in [0.2, 0.25) is 5.91 Å². The molecule has 33 heavy (non-hydrogen) atoms. The highest BCUT2D eigenvalue weighted by Crippen LogP contribution is 2.13. The molecule has 2 rings (SSSR count). The molecule has 2 aromatic rings. The fourth-order valence-corrected chi connectivity index (χ4v) is 3.38. The monoisotopic (exact) mass is 454 g/mol. The van der Waals surface area contributed by atoms with Gasteiger partial charge < -0.3 is 20.1 Å². The number of benzene rings is 2. The van der Waals surface area contributed by atoms with Crippen molar-refractivity contribution in [2.24, 2.45) is 5.92 Å². The highest BCUT2D eigenvalue weighted by Gasteiger charge is 2.28. The maximum atomic E-state index is 13.0. The third-order valence-electron chi connectivity index (χ3n) is 5.34. The van der Waals surface area contributed by atoms with Crippen molar-refractivity contribution in [3.63, 3.8) is 0 Å². The van der Waals surface area contributed by atoms with E-state index < -0.39 is 30.1 Å². The number of nitrogens with one attached hydrogen (secondary N) is 2. The molecule has 0 heterocycles. The van der Waals surface area contributed by atoms with E-state index in [2.05, 4.69) is 10.6 Å². The first-order valence-electron chi connectivity index (χ1n) is 11.1.